The minimum atomic E-state index is -1.13. The molecule has 1 heterocycles. The van der Waals surface area contributed by atoms with E-state index in [2.05, 4.69) is 4.98 Å². The highest BCUT2D eigenvalue weighted by molar-refractivity contribution is 5.88. The minimum absolute atomic E-state index is 0.0427. The third-order valence-corrected chi connectivity index (χ3v) is 3.12. The van der Waals surface area contributed by atoms with E-state index in [4.69, 9.17) is 14.8 Å². The second-order valence-corrected chi connectivity index (χ2v) is 4.69. The molecule has 0 radical (unpaired) electrons. The van der Waals surface area contributed by atoms with Gasteiger partial charge in [-0.2, -0.15) is 9.99 Å². The number of rotatable bonds is 7. The van der Waals surface area contributed by atoms with Crippen molar-refractivity contribution < 1.29 is 19.5 Å². The second-order valence-electron chi connectivity index (χ2n) is 4.69. The van der Waals surface area contributed by atoms with Gasteiger partial charge in [-0.3, -0.25) is 0 Å². The molecule has 0 unspecified atom stereocenters. The fourth-order valence-electron chi connectivity index (χ4n) is 2.12. The molecule has 0 fully saturated rings. The first-order valence-electron chi connectivity index (χ1n) is 7.12. The number of benzene rings is 1. The van der Waals surface area contributed by atoms with Gasteiger partial charge in [0.15, 0.2) is 11.5 Å². The number of ether oxygens (including phenoxy) is 1. The van der Waals surface area contributed by atoms with Crippen molar-refractivity contribution in [2.75, 3.05) is 19.8 Å². The molecule has 120 valence electrons. The smallest absolute Gasteiger partial charge is 0.357 e. The lowest BCUT2D eigenvalue weighted by Crippen LogP contribution is -2.22. The molecule has 2 aromatic rings. The highest BCUT2D eigenvalue weighted by Crippen LogP contribution is 2.22. The van der Waals surface area contributed by atoms with Crippen LogP contribution in [-0.2, 0) is 4.74 Å². The zero-order chi connectivity index (χ0) is 16.8. The summed E-state index contributed by atoms with van der Waals surface area (Å²) < 4.78 is 6.38. The molecule has 23 heavy (non-hydrogen) atoms. The highest BCUT2D eigenvalue weighted by atomic mass is 16.7. The van der Waals surface area contributed by atoms with Crippen LogP contribution in [0.15, 0.2) is 24.3 Å². The zero-order valence-electron chi connectivity index (χ0n) is 12.9. The zero-order valence-corrected chi connectivity index (χ0v) is 12.9. The van der Waals surface area contributed by atoms with E-state index >= 15 is 0 Å². The van der Waals surface area contributed by atoms with Gasteiger partial charge in [-0.15, -0.1) is 0 Å². The van der Waals surface area contributed by atoms with Crippen LogP contribution >= 0.6 is 0 Å². The maximum Gasteiger partial charge on any atom is 0.357 e. The van der Waals surface area contributed by atoms with Gasteiger partial charge in [0, 0.05) is 12.2 Å². The fraction of sp³-hybridized carbons (Fsp3) is 0.312. The number of carboxylic acid groups (broad SMARTS) is 1. The molecule has 0 saturated carbocycles. The molecule has 0 saturated heterocycles. The average Bonchev–Trinajstić information content (AvgIpc) is 2.88. The lowest BCUT2D eigenvalue weighted by atomic mass is 10.1. The van der Waals surface area contributed by atoms with E-state index in [1.54, 1.807) is 31.2 Å². The number of carbonyl (C=O) groups is 1. The number of aromatic carboxylic acids is 1. The number of carboxylic acids is 1. The van der Waals surface area contributed by atoms with E-state index in [9.17, 15) is 9.90 Å². The molecule has 7 heteroatoms. The van der Waals surface area contributed by atoms with Crippen molar-refractivity contribution in [1.82, 2.24) is 9.71 Å². The van der Waals surface area contributed by atoms with Gasteiger partial charge in [0.25, 0.3) is 0 Å². The van der Waals surface area contributed by atoms with Crippen molar-refractivity contribution in [3.63, 3.8) is 0 Å². The molecule has 0 aliphatic rings. The largest absolute Gasteiger partial charge is 0.476 e. The number of hydrogen-bond acceptors (Lipinski definition) is 5. The molecule has 7 nitrogen and oxygen atoms in total. The van der Waals surface area contributed by atoms with Gasteiger partial charge in [0.05, 0.1) is 23.9 Å². The third kappa shape index (κ3) is 3.67. The summed E-state index contributed by atoms with van der Waals surface area (Å²) in [6.45, 7) is 4.54. The molecule has 1 aromatic heterocycles. The van der Waals surface area contributed by atoms with Gasteiger partial charge in [-0.1, -0.05) is 12.1 Å². The predicted octanol–water partition coefficient (Wildman–Crippen LogP) is 1.89. The Morgan fingerprint density at radius 1 is 1.43 bits per heavy atom. The van der Waals surface area contributed by atoms with Gasteiger partial charge in [-0.05, 0) is 26.0 Å². The monoisotopic (exact) mass is 315 g/mol. The van der Waals surface area contributed by atoms with Gasteiger partial charge in [0.2, 0.25) is 0 Å². The molecule has 0 aliphatic heterocycles. The van der Waals surface area contributed by atoms with Crippen molar-refractivity contribution in [3.8, 4) is 17.5 Å². The molecule has 1 N–H and O–H groups in total. The summed E-state index contributed by atoms with van der Waals surface area (Å²) in [7, 11) is 0. The van der Waals surface area contributed by atoms with Gasteiger partial charge < -0.3 is 14.7 Å². The fourth-order valence-corrected chi connectivity index (χ4v) is 2.12. The maximum atomic E-state index is 11.5. The summed E-state index contributed by atoms with van der Waals surface area (Å²) >= 11 is 0. The molecule has 0 aliphatic carbocycles. The molecular formula is C16H17N3O4. The Hall–Kier alpha value is -2.85. The summed E-state index contributed by atoms with van der Waals surface area (Å²) in [6, 6.07) is 8.80. The summed E-state index contributed by atoms with van der Waals surface area (Å²) in [4.78, 5) is 21.3. The molecule has 0 bridgehead atoms. The van der Waals surface area contributed by atoms with Gasteiger partial charge in [-0.25, -0.2) is 9.78 Å². The van der Waals surface area contributed by atoms with Crippen molar-refractivity contribution in [1.29, 1.82) is 5.26 Å². The van der Waals surface area contributed by atoms with Gasteiger partial charge in [0.1, 0.15) is 6.61 Å². The lowest BCUT2D eigenvalue weighted by molar-refractivity contribution is 0.0355. The van der Waals surface area contributed by atoms with Crippen LogP contribution in [0.5, 0.6) is 0 Å². The van der Waals surface area contributed by atoms with Gasteiger partial charge >= 0.3 is 5.97 Å². The van der Waals surface area contributed by atoms with Crippen molar-refractivity contribution >= 4 is 5.97 Å². The first-order valence-corrected chi connectivity index (χ1v) is 7.12. The van der Waals surface area contributed by atoms with E-state index < -0.39 is 5.97 Å². The summed E-state index contributed by atoms with van der Waals surface area (Å²) in [5.74, 6) is -0.789. The topological polar surface area (TPSA) is 97.4 Å². The van der Waals surface area contributed by atoms with Crippen LogP contribution in [0.1, 0.15) is 28.7 Å². The van der Waals surface area contributed by atoms with E-state index in [1.807, 2.05) is 13.0 Å². The SMILES string of the molecule is CCOCCOn1c(-c2cccc(C#N)c2)nc(C)c1C(=O)O. The molecule has 0 spiro atoms. The van der Waals surface area contributed by atoms with Crippen LogP contribution < -0.4 is 4.84 Å². The first kappa shape index (κ1) is 16.5. The number of aromatic nitrogens is 2. The van der Waals surface area contributed by atoms with Crippen molar-refractivity contribution in [3.05, 3.63) is 41.2 Å². The molecule has 2 rings (SSSR count). The van der Waals surface area contributed by atoms with E-state index in [0.29, 0.717) is 35.9 Å². The van der Waals surface area contributed by atoms with Crippen LogP contribution in [0.25, 0.3) is 11.4 Å². The van der Waals surface area contributed by atoms with Crippen LogP contribution in [-0.4, -0.2) is 40.6 Å². The summed E-state index contributed by atoms with van der Waals surface area (Å²) in [5.41, 5.74) is 1.36. The van der Waals surface area contributed by atoms with Crippen molar-refractivity contribution in [2.24, 2.45) is 0 Å². The lowest BCUT2D eigenvalue weighted by Gasteiger charge is -2.12. The third-order valence-electron chi connectivity index (χ3n) is 3.12. The molecule has 0 atom stereocenters. The van der Waals surface area contributed by atoms with E-state index in [-0.39, 0.29) is 12.3 Å². The number of hydrogen-bond donors (Lipinski definition) is 1. The van der Waals surface area contributed by atoms with Crippen LogP contribution in [0.3, 0.4) is 0 Å². The number of nitriles is 1. The Morgan fingerprint density at radius 2 is 2.22 bits per heavy atom. The van der Waals surface area contributed by atoms with Crippen LogP contribution in [0.2, 0.25) is 0 Å². The first-order chi connectivity index (χ1) is 11.1. The Kier molecular flexibility index (Phi) is 5.33. The maximum absolute atomic E-state index is 11.5. The quantitative estimate of drug-likeness (QED) is 0.784. The van der Waals surface area contributed by atoms with E-state index in [0.717, 1.165) is 0 Å². The Labute approximate surface area is 133 Å². The minimum Gasteiger partial charge on any atom is -0.476 e. The predicted molar refractivity (Wildman–Crippen MR) is 82.0 cm³/mol. The average molecular weight is 315 g/mol. The Balaban J connectivity index is 2.43. The van der Waals surface area contributed by atoms with Crippen molar-refractivity contribution in [2.45, 2.75) is 13.8 Å². The molecule has 0 amide bonds. The van der Waals surface area contributed by atoms with Crippen LogP contribution in [0.4, 0.5) is 0 Å². The summed E-state index contributed by atoms with van der Waals surface area (Å²) in [6.07, 6.45) is 0. The number of aryl methyl sites for hydroxylation is 1. The number of imidazole rings is 1. The summed E-state index contributed by atoms with van der Waals surface area (Å²) in [5, 5.41) is 18.4. The second kappa shape index (κ2) is 7.42. The molecular weight excluding hydrogens is 298 g/mol. The normalized spacial score (nSPS) is 10.3. The Morgan fingerprint density at radius 3 is 2.87 bits per heavy atom. The molecule has 1 aromatic carbocycles. The van der Waals surface area contributed by atoms with E-state index in [1.165, 1.54) is 4.73 Å². The highest BCUT2D eigenvalue weighted by Gasteiger charge is 2.22. The number of nitrogens with zero attached hydrogens (tertiary/aromatic N) is 3. The Bertz CT molecular complexity index is 746. The standard InChI is InChI=1S/C16H17N3O4/c1-3-22-7-8-23-19-14(16(20)21)11(2)18-15(19)13-6-4-5-12(9-13)10-17/h4-6,9H,3,7-8H2,1-2H3,(H,20,21). The van der Waals surface area contributed by atoms with Crippen LogP contribution in [0, 0.1) is 18.3 Å².